The molecule has 0 amide bonds. The lowest BCUT2D eigenvalue weighted by atomic mass is 10.1. The lowest BCUT2D eigenvalue weighted by molar-refractivity contribution is -0.114. The van der Waals surface area contributed by atoms with Crippen molar-refractivity contribution in [2.45, 2.75) is 32.1 Å². The number of carbonyl (C=O) groups excluding carboxylic acids is 1. The number of rotatable bonds is 0. The van der Waals surface area contributed by atoms with Crippen LogP contribution >= 0.6 is 0 Å². The molecule has 11 heavy (non-hydrogen) atoms. The molecule has 0 fully saturated rings. The number of Topliss-reactive ketones (excluding diaryl/α,β-unsaturated/α-hetero) is 1. The van der Waals surface area contributed by atoms with E-state index in [4.69, 9.17) is 0 Å². The number of hydrogen-bond acceptors (Lipinski definition) is 1. The van der Waals surface area contributed by atoms with Crippen molar-refractivity contribution in [2.75, 3.05) is 0 Å². The van der Waals surface area contributed by atoms with E-state index in [1.165, 1.54) is 12.0 Å². The summed E-state index contributed by atoms with van der Waals surface area (Å²) < 4.78 is 0. The van der Waals surface area contributed by atoms with Gasteiger partial charge in [-0.1, -0.05) is 17.7 Å². The highest BCUT2D eigenvalue weighted by Crippen LogP contribution is 2.31. The van der Waals surface area contributed by atoms with E-state index >= 15 is 0 Å². The standard InChI is InChI=1S/C10H12O/c11-10-7-2-1-4-8-5-3-6-9(8)10/h1-2H,3-7H2. The van der Waals surface area contributed by atoms with Gasteiger partial charge in [0.15, 0.2) is 5.78 Å². The van der Waals surface area contributed by atoms with Gasteiger partial charge in [-0.15, -0.1) is 0 Å². The van der Waals surface area contributed by atoms with Crippen molar-refractivity contribution in [1.82, 2.24) is 0 Å². The number of hydrogen-bond donors (Lipinski definition) is 0. The number of carbonyl (C=O) groups is 1. The Hall–Kier alpha value is -0.850. The number of allylic oxidation sites excluding steroid dienone is 4. The summed E-state index contributed by atoms with van der Waals surface area (Å²) in [6.07, 6.45) is 9.19. The number of ketones is 1. The normalized spacial score (nSPS) is 23.8. The van der Waals surface area contributed by atoms with Crippen molar-refractivity contribution in [3.05, 3.63) is 23.3 Å². The van der Waals surface area contributed by atoms with Gasteiger partial charge in [-0.05, 0) is 31.3 Å². The average Bonchev–Trinajstić information content (AvgIpc) is 2.40. The fourth-order valence-corrected chi connectivity index (χ4v) is 1.91. The molecule has 0 saturated carbocycles. The van der Waals surface area contributed by atoms with Crippen LogP contribution in [0.4, 0.5) is 0 Å². The molecule has 58 valence electrons. The highest BCUT2D eigenvalue weighted by Gasteiger charge is 2.20. The molecule has 2 aliphatic rings. The molecule has 0 unspecified atom stereocenters. The summed E-state index contributed by atoms with van der Waals surface area (Å²) in [7, 11) is 0. The molecule has 2 aliphatic carbocycles. The van der Waals surface area contributed by atoms with Crippen LogP contribution in [0.2, 0.25) is 0 Å². The predicted molar refractivity (Wildman–Crippen MR) is 44.3 cm³/mol. The Morgan fingerprint density at radius 1 is 1.09 bits per heavy atom. The third kappa shape index (κ3) is 1.15. The molecule has 1 nitrogen and oxygen atoms in total. The smallest absolute Gasteiger partial charge is 0.162 e. The van der Waals surface area contributed by atoms with E-state index in [1.807, 2.05) is 6.08 Å². The Morgan fingerprint density at radius 2 is 1.91 bits per heavy atom. The van der Waals surface area contributed by atoms with E-state index in [1.54, 1.807) is 0 Å². The summed E-state index contributed by atoms with van der Waals surface area (Å²) in [5.74, 6) is 0.367. The van der Waals surface area contributed by atoms with Crippen molar-refractivity contribution in [2.24, 2.45) is 0 Å². The first-order valence-corrected chi connectivity index (χ1v) is 4.27. The van der Waals surface area contributed by atoms with Crippen LogP contribution in [0.5, 0.6) is 0 Å². The van der Waals surface area contributed by atoms with Crippen LogP contribution in [-0.4, -0.2) is 5.78 Å². The van der Waals surface area contributed by atoms with Crippen LogP contribution in [0.25, 0.3) is 0 Å². The molecule has 0 atom stereocenters. The Kier molecular flexibility index (Phi) is 1.65. The second-order valence-electron chi connectivity index (χ2n) is 3.24. The second kappa shape index (κ2) is 2.65. The van der Waals surface area contributed by atoms with Crippen LogP contribution in [0.3, 0.4) is 0 Å². The van der Waals surface area contributed by atoms with Gasteiger partial charge < -0.3 is 0 Å². The molecule has 0 heterocycles. The highest BCUT2D eigenvalue weighted by molar-refractivity contribution is 5.97. The Balaban J connectivity index is 2.32. The first kappa shape index (κ1) is 6.84. The maximum absolute atomic E-state index is 11.4. The summed E-state index contributed by atoms with van der Waals surface area (Å²) in [5.41, 5.74) is 2.55. The highest BCUT2D eigenvalue weighted by atomic mass is 16.1. The largest absolute Gasteiger partial charge is 0.294 e. The molecular formula is C10H12O. The summed E-state index contributed by atoms with van der Waals surface area (Å²) >= 11 is 0. The van der Waals surface area contributed by atoms with Gasteiger partial charge >= 0.3 is 0 Å². The van der Waals surface area contributed by atoms with Crippen LogP contribution in [-0.2, 0) is 4.79 Å². The fourth-order valence-electron chi connectivity index (χ4n) is 1.91. The molecular weight excluding hydrogens is 136 g/mol. The SMILES string of the molecule is O=C1CC=CCC2=C1CCC2. The minimum Gasteiger partial charge on any atom is -0.294 e. The molecule has 0 radical (unpaired) electrons. The van der Waals surface area contributed by atoms with Crippen molar-refractivity contribution in [3.8, 4) is 0 Å². The van der Waals surface area contributed by atoms with Gasteiger partial charge in [-0.3, -0.25) is 4.79 Å². The first-order chi connectivity index (χ1) is 5.38. The van der Waals surface area contributed by atoms with Crippen LogP contribution < -0.4 is 0 Å². The van der Waals surface area contributed by atoms with Crippen LogP contribution in [0.15, 0.2) is 23.3 Å². The zero-order chi connectivity index (χ0) is 7.68. The third-order valence-corrected chi connectivity index (χ3v) is 2.50. The topological polar surface area (TPSA) is 17.1 Å². The van der Waals surface area contributed by atoms with E-state index < -0.39 is 0 Å². The average molecular weight is 148 g/mol. The second-order valence-corrected chi connectivity index (χ2v) is 3.24. The summed E-state index contributed by atoms with van der Waals surface area (Å²) in [4.78, 5) is 11.4. The van der Waals surface area contributed by atoms with Gasteiger partial charge in [0, 0.05) is 6.42 Å². The van der Waals surface area contributed by atoms with Gasteiger partial charge in [0.1, 0.15) is 0 Å². The summed E-state index contributed by atoms with van der Waals surface area (Å²) in [6, 6.07) is 0. The van der Waals surface area contributed by atoms with E-state index in [2.05, 4.69) is 6.08 Å². The van der Waals surface area contributed by atoms with E-state index in [9.17, 15) is 4.79 Å². The zero-order valence-corrected chi connectivity index (χ0v) is 6.60. The third-order valence-electron chi connectivity index (χ3n) is 2.50. The first-order valence-electron chi connectivity index (χ1n) is 4.27. The van der Waals surface area contributed by atoms with Crippen molar-refractivity contribution >= 4 is 5.78 Å². The van der Waals surface area contributed by atoms with E-state index in [0.717, 1.165) is 24.8 Å². The van der Waals surface area contributed by atoms with Gasteiger partial charge in [0.2, 0.25) is 0 Å². The summed E-state index contributed by atoms with van der Waals surface area (Å²) in [6.45, 7) is 0. The molecule has 0 spiro atoms. The van der Waals surface area contributed by atoms with Crippen LogP contribution in [0, 0.1) is 0 Å². The molecule has 0 N–H and O–H groups in total. The molecule has 0 aromatic carbocycles. The molecule has 0 aromatic heterocycles. The maximum Gasteiger partial charge on any atom is 0.162 e. The van der Waals surface area contributed by atoms with E-state index in [0.29, 0.717) is 12.2 Å². The lowest BCUT2D eigenvalue weighted by Crippen LogP contribution is -1.98. The summed E-state index contributed by atoms with van der Waals surface area (Å²) in [5, 5.41) is 0. The molecule has 0 saturated heterocycles. The zero-order valence-electron chi connectivity index (χ0n) is 6.60. The van der Waals surface area contributed by atoms with E-state index in [-0.39, 0.29) is 0 Å². The maximum atomic E-state index is 11.4. The molecule has 1 heteroatoms. The minimum atomic E-state index is 0.367. The fraction of sp³-hybridized carbons (Fsp3) is 0.500. The van der Waals surface area contributed by atoms with Gasteiger partial charge in [-0.2, -0.15) is 0 Å². The molecule has 0 bridgehead atoms. The van der Waals surface area contributed by atoms with Gasteiger partial charge in [0.05, 0.1) is 0 Å². The molecule has 0 aliphatic heterocycles. The molecule has 0 aromatic rings. The predicted octanol–water partition coefficient (Wildman–Crippen LogP) is 2.39. The van der Waals surface area contributed by atoms with Gasteiger partial charge in [0.25, 0.3) is 0 Å². The van der Waals surface area contributed by atoms with Gasteiger partial charge in [-0.25, -0.2) is 0 Å². The quantitative estimate of drug-likeness (QED) is 0.482. The Bertz CT molecular complexity index is 246. The van der Waals surface area contributed by atoms with Crippen molar-refractivity contribution in [3.63, 3.8) is 0 Å². The Morgan fingerprint density at radius 3 is 2.82 bits per heavy atom. The Labute approximate surface area is 66.8 Å². The minimum absolute atomic E-state index is 0.367. The molecule has 2 rings (SSSR count). The van der Waals surface area contributed by atoms with Crippen LogP contribution in [0.1, 0.15) is 32.1 Å². The monoisotopic (exact) mass is 148 g/mol. The van der Waals surface area contributed by atoms with Crippen molar-refractivity contribution in [1.29, 1.82) is 0 Å². The lowest BCUT2D eigenvalue weighted by Gasteiger charge is -1.98. The van der Waals surface area contributed by atoms with Crippen molar-refractivity contribution < 1.29 is 4.79 Å².